The van der Waals surface area contributed by atoms with Crippen molar-refractivity contribution in [1.29, 1.82) is 0 Å². The van der Waals surface area contributed by atoms with Crippen molar-refractivity contribution >= 4 is 72.9 Å². The minimum absolute atomic E-state index is 0.0833. The number of aromatic nitrogens is 3. The monoisotopic (exact) mass is 661 g/mol. The van der Waals surface area contributed by atoms with Gasteiger partial charge in [-0.3, -0.25) is 4.79 Å². The van der Waals surface area contributed by atoms with E-state index in [2.05, 4.69) is 31.5 Å². The summed E-state index contributed by atoms with van der Waals surface area (Å²) < 4.78 is 13.2. The molecule has 0 amide bonds. The normalized spacial score (nSPS) is 11.0. The Morgan fingerprint density at radius 1 is 0.929 bits per heavy atom. The average molecular weight is 663 g/mol. The van der Waals surface area contributed by atoms with E-state index in [1.54, 1.807) is 37.4 Å². The highest BCUT2D eigenvalue weighted by atomic mass is 79.9. The molecule has 2 N–H and O–H groups in total. The number of fused-ring (bicyclic) bond motifs is 1. The van der Waals surface area contributed by atoms with Gasteiger partial charge in [-0.05, 0) is 66.2 Å². The Hall–Kier alpha value is -4.31. The maximum absolute atomic E-state index is 13.9. The second-order valence-corrected chi connectivity index (χ2v) is 11.0. The van der Waals surface area contributed by atoms with Crippen LogP contribution in [0, 0.1) is 0 Å². The number of ether oxygens (including phenoxy) is 1. The van der Waals surface area contributed by atoms with Crippen molar-refractivity contribution in [3.05, 3.63) is 127 Å². The van der Waals surface area contributed by atoms with Crippen molar-refractivity contribution in [2.75, 3.05) is 17.7 Å². The van der Waals surface area contributed by atoms with Crippen LogP contribution in [0.25, 0.3) is 16.9 Å². The second kappa shape index (κ2) is 11.9. The van der Waals surface area contributed by atoms with Gasteiger partial charge >= 0.3 is 6.01 Å². The summed E-state index contributed by atoms with van der Waals surface area (Å²) in [6.45, 7) is 0. The van der Waals surface area contributed by atoms with Gasteiger partial charge in [-0.15, -0.1) is 0 Å². The third-order valence-corrected chi connectivity index (χ3v) is 7.66. The number of hydrogen-bond donors (Lipinski definition) is 2. The molecule has 6 aromatic rings. The third-order valence-electron chi connectivity index (χ3n) is 6.53. The number of halogens is 3. The number of hydrogen-bond acceptors (Lipinski definition) is 7. The molecule has 0 saturated carbocycles. The van der Waals surface area contributed by atoms with Crippen LogP contribution in [0.4, 0.5) is 22.9 Å². The first-order chi connectivity index (χ1) is 20.4. The molecule has 42 heavy (non-hydrogen) atoms. The Labute approximate surface area is 259 Å². The number of oxazole rings is 1. The van der Waals surface area contributed by atoms with Crippen LogP contribution in [0.15, 0.2) is 105 Å². The molecule has 0 bridgehead atoms. The molecule has 8 nitrogen and oxygen atoms in total. The molecule has 0 saturated heterocycles. The molecule has 0 unspecified atom stereocenters. The highest BCUT2D eigenvalue weighted by Crippen LogP contribution is 2.34. The summed E-state index contributed by atoms with van der Waals surface area (Å²) in [7, 11) is 1.61. The first-order valence-electron chi connectivity index (χ1n) is 12.8. The van der Waals surface area contributed by atoms with Gasteiger partial charge in [0.2, 0.25) is 0 Å². The minimum Gasteiger partial charge on any atom is -0.497 e. The van der Waals surface area contributed by atoms with Crippen molar-refractivity contribution < 1.29 is 9.15 Å². The Kier molecular flexibility index (Phi) is 7.88. The zero-order valence-electron chi connectivity index (χ0n) is 22.1. The molecule has 0 atom stereocenters. The smallest absolute Gasteiger partial charge is 0.312 e. The third kappa shape index (κ3) is 5.72. The number of nitrogens with zero attached hydrogens (tertiary/aromatic N) is 3. The molecule has 210 valence electrons. The second-order valence-electron chi connectivity index (χ2n) is 9.25. The van der Waals surface area contributed by atoms with Gasteiger partial charge in [0.25, 0.3) is 5.56 Å². The van der Waals surface area contributed by atoms with Crippen LogP contribution in [0.2, 0.25) is 10.0 Å². The van der Waals surface area contributed by atoms with Gasteiger partial charge in [0, 0.05) is 22.3 Å². The Morgan fingerprint density at radius 2 is 1.69 bits per heavy atom. The molecule has 0 aliphatic heterocycles. The molecule has 6 rings (SSSR count). The fourth-order valence-corrected chi connectivity index (χ4v) is 5.34. The van der Waals surface area contributed by atoms with Gasteiger partial charge in [0.05, 0.1) is 33.7 Å². The number of methoxy groups -OCH3 is 1. The first kappa shape index (κ1) is 27.8. The molecule has 11 heteroatoms. The lowest BCUT2D eigenvalue weighted by atomic mass is 10.1. The van der Waals surface area contributed by atoms with Crippen molar-refractivity contribution in [1.82, 2.24) is 14.5 Å². The summed E-state index contributed by atoms with van der Waals surface area (Å²) in [5.74, 6) is 1.60. The fraction of sp³-hybridized carbons (Fsp3) is 0.0645. The number of rotatable bonds is 8. The standard InChI is InChI=1S/C31H22BrCl2N5O3/c1-41-21-12-10-20(11-13-21)35-27-17-42-31(38-27)39-28(36-26-14-9-19(32)16-22(26)30(39)40)15-18-5-2-3-8-25(18)37-29-23(33)6-4-7-24(29)34/h2-14,16-17,35,37H,15H2,1H3. The van der Waals surface area contributed by atoms with Crippen LogP contribution in [0.3, 0.4) is 0 Å². The van der Waals surface area contributed by atoms with Gasteiger partial charge in [-0.1, -0.05) is 63.4 Å². The molecule has 0 radical (unpaired) electrons. The molecule has 0 spiro atoms. The lowest BCUT2D eigenvalue weighted by Gasteiger charge is -2.16. The maximum Gasteiger partial charge on any atom is 0.312 e. The lowest BCUT2D eigenvalue weighted by molar-refractivity contribution is 0.415. The minimum atomic E-state index is -0.311. The predicted molar refractivity (Wildman–Crippen MR) is 170 cm³/mol. The van der Waals surface area contributed by atoms with Crippen molar-refractivity contribution in [3.63, 3.8) is 0 Å². The van der Waals surface area contributed by atoms with E-state index in [4.69, 9.17) is 37.3 Å². The summed E-state index contributed by atoms with van der Waals surface area (Å²) in [4.78, 5) is 23.4. The maximum atomic E-state index is 13.9. The zero-order valence-corrected chi connectivity index (χ0v) is 25.2. The molecule has 2 aromatic heterocycles. The van der Waals surface area contributed by atoms with Gasteiger partial charge in [-0.25, -0.2) is 9.55 Å². The quantitative estimate of drug-likeness (QED) is 0.169. The summed E-state index contributed by atoms with van der Waals surface area (Å²) in [5.41, 5.74) is 3.23. The molecular weight excluding hydrogens is 641 g/mol. The van der Waals surface area contributed by atoms with Gasteiger partial charge in [-0.2, -0.15) is 4.98 Å². The number of anilines is 4. The van der Waals surface area contributed by atoms with E-state index in [0.29, 0.717) is 38.3 Å². The average Bonchev–Trinajstić information content (AvgIpc) is 3.44. The van der Waals surface area contributed by atoms with E-state index in [0.717, 1.165) is 27.2 Å². The van der Waals surface area contributed by atoms with Gasteiger partial charge < -0.3 is 19.8 Å². The summed E-state index contributed by atoms with van der Waals surface area (Å²) in [6, 6.07) is 25.8. The van der Waals surface area contributed by atoms with Crippen LogP contribution in [0.5, 0.6) is 5.75 Å². The number of nitrogens with one attached hydrogen (secondary N) is 2. The highest BCUT2D eigenvalue weighted by Gasteiger charge is 2.19. The summed E-state index contributed by atoms with van der Waals surface area (Å²) in [6.07, 6.45) is 1.73. The van der Waals surface area contributed by atoms with E-state index in [1.807, 2.05) is 54.6 Å². The molecule has 2 heterocycles. The van der Waals surface area contributed by atoms with Crippen LogP contribution < -0.4 is 20.9 Å². The Balaban J connectivity index is 1.42. The zero-order chi connectivity index (χ0) is 29.2. The summed E-state index contributed by atoms with van der Waals surface area (Å²) in [5, 5.41) is 7.93. The topological polar surface area (TPSA) is 94.2 Å². The Bertz CT molecular complexity index is 1950. The highest BCUT2D eigenvalue weighted by molar-refractivity contribution is 9.10. The first-order valence-corrected chi connectivity index (χ1v) is 14.3. The molecular formula is C31H22BrCl2N5O3. The van der Waals surface area contributed by atoms with Crippen LogP contribution in [-0.4, -0.2) is 21.6 Å². The van der Waals surface area contributed by atoms with Crippen LogP contribution in [-0.2, 0) is 6.42 Å². The fourth-order valence-electron chi connectivity index (χ4n) is 4.48. The van der Waals surface area contributed by atoms with E-state index in [-0.39, 0.29) is 18.0 Å². The van der Waals surface area contributed by atoms with E-state index in [1.165, 1.54) is 10.8 Å². The number of benzene rings is 4. The van der Waals surface area contributed by atoms with E-state index in [9.17, 15) is 4.79 Å². The van der Waals surface area contributed by atoms with E-state index >= 15 is 0 Å². The van der Waals surface area contributed by atoms with E-state index < -0.39 is 0 Å². The molecule has 0 aliphatic carbocycles. The largest absolute Gasteiger partial charge is 0.497 e. The van der Waals surface area contributed by atoms with Crippen molar-refractivity contribution in [2.45, 2.75) is 6.42 Å². The Morgan fingerprint density at radius 3 is 2.45 bits per heavy atom. The molecule has 4 aromatic carbocycles. The van der Waals surface area contributed by atoms with Gasteiger partial charge in [0.15, 0.2) is 5.82 Å². The predicted octanol–water partition coefficient (Wildman–Crippen LogP) is 8.53. The lowest BCUT2D eigenvalue weighted by Crippen LogP contribution is -2.24. The van der Waals surface area contributed by atoms with Gasteiger partial charge in [0.1, 0.15) is 17.8 Å². The van der Waals surface area contributed by atoms with Crippen molar-refractivity contribution in [3.8, 4) is 11.8 Å². The molecule has 0 aliphatic rings. The van der Waals surface area contributed by atoms with Crippen LogP contribution in [0.1, 0.15) is 11.4 Å². The van der Waals surface area contributed by atoms with Crippen molar-refractivity contribution in [2.24, 2.45) is 0 Å². The molecule has 0 fully saturated rings. The summed E-state index contributed by atoms with van der Waals surface area (Å²) >= 11 is 16.3. The SMILES string of the molecule is COc1ccc(Nc2coc(-n3c(Cc4ccccc4Nc4c(Cl)cccc4Cl)nc4ccc(Br)cc4c3=O)n2)cc1. The number of para-hydroxylation sites is 2. The van der Waals surface area contributed by atoms with Crippen LogP contribution >= 0.6 is 39.1 Å².